The van der Waals surface area contributed by atoms with Crippen molar-refractivity contribution >= 4 is 52.2 Å². The molecule has 0 aliphatic rings. The monoisotopic (exact) mass is 413 g/mol. The van der Waals surface area contributed by atoms with Crippen LogP contribution in [-0.2, 0) is 6.54 Å². The normalized spacial score (nSPS) is 10.6. The average molecular weight is 414 g/mol. The first-order chi connectivity index (χ1) is 12.4. The third kappa shape index (κ3) is 4.66. The molecule has 1 aromatic heterocycles. The van der Waals surface area contributed by atoms with Crippen LogP contribution in [0.25, 0.3) is 0 Å². The molecule has 2 N–H and O–H groups in total. The zero-order valence-corrected chi connectivity index (χ0v) is 15.3. The third-order valence-corrected chi connectivity index (χ3v) is 4.13. The highest BCUT2D eigenvalue weighted by Crippen LogP contribution is 2.20. The highest BCUT2D eigenvalue weighted by atomic mass is 35.5. The van der Waals surface area contributed by atoms with E-state index in [0.29, 0.717) is 22.8 Å². The predicted octanol–water partition coefficient (Wildman–Crippen LogP) is 4.72. The Kier molecular flexibility index (Phi) is 5.65. The van der Waals surface area contributed by atoms with Crippen molar-refractivity contribution in [3.63, 3.8) is 0 Å². The molecule has 26 heavy (non-hydrogen) atoms. The van der Waals surface area contributed by atoms with Crippen molar-refractivity contribution < 1.29 is 8.78 Å². The first kappa shape index (κ1) is 18.5. The molecule has 1 heterocycles. The van der Waals surface area contributed by atoms with E-state index in [9.17, 15) is 8.78 Å². The zero-order chi connectivity index (χ0) is 18.7. The van der Waals surface area contributed by atoms with Crippen LogP contribution in [0.1, 0.15) is 5.56 Å². The maximum absolute atomic E-state index is 13.2. The van der Waals surface area contributed by atoms with Crippen LogP contribution in [-0.4, -0.2) is 19.9 Å². The molecule has 0 atom stereocenters. The molecule has 0 saturated carbocycles. The van der Waals surface area contributed by atoms with Gasteiger partial charge in [-0.15, -0.1) is 5.10 Å². The van der Waals surface area contributed by atoms with Gasteiger partial charge < -0.3 is 5.32 Å². The Morgan fingerprint density at radius 1 is 1.08 bits per heavy atom. The summed E-state index contributed by atoms with van der Waals surface area (Å²) in [4.78, 5) is 4.08. The Morgan fingerprint density at radius 2 is 1.88 bits per heavy atom. The van der Waals surface area contributed by atoms with E-state index in [1.54, 1.807) is 6.07 Å². The van der Waals surface area contributed by atoms with Gasteiger partial charge in [0, 0.05) is 10.7 Å². The summed E-state index contributed by atoms with van der Waals surface area (Å²) in [5.74, 6) is -0.665. The van der Waals surface area contributed by atoms with E-state index >= 15 is 0 Å². The Bertz CT molecular complexity index is 964. The van der Waals surface area contributed by atoms with Crippen molar-refractivity contribution in [2.75, 3.05) is 10.6 Å². The quantitative estimate of drug-likeness (QED) is 0.606. The molecule has 134 valence electrons. The minimum Gasteiger partial charge on any atom is -0.332 e. The number of halogens is 4. The molecule has 0 fully saturated rings. The van der Waals surface area contributed by atoms with Crippen LogP contribution in [0.4, 0.5) is 20.4 Å². The Hall–Kier alpha value is -2.29. The van der Waals surface area contributed by atoms with Crippen molar-refractivity contribution in [1.29, 1.82) is 0 Å². The number of hydrogen-bond donors (Lipinski definition) is 2. The summed E-state index contributed by atoms with van der Waals surface area (Å²) < 4.78 is 27.8. The van der Waals surface area contributed by atoms with Gasteiger partial charge in [0.2, 0.25) is 5.95 Å². The molecule has 0 bridgehead atoms. The fraction of sp³-hybridized carbons (Fsp3) is 0.0625. The largest absolute Gasteiger partial charge is 0.332 e. The van der Waals surface area contributed by atoms with Gasteiger partial charge in [-0.25, -0.2) is 18.4 Å². The minimum atomic E-state index is -0.518. The molecule has 0 saturated heterocycles. The number of thiocarbonyl (C=S) groups is 1. The van der Waals surface area contributed by atoms with E-state index < -0.39 is 11.6 Å². The molecule has 0 aliphatic carbocycles. The van der Waals surface area contributed by atoms with Crippen molar-refractivity contribution in [2.45, 2.75) is 6.54 Å². The van der Waals surface area contributed by atoms with Crippen LogP contribution >= 0.6 is 35.4 Å². The van der Waals surface area contributed by atoms with Crippen molar-refractivity contribution in [2.24, 2.45) is 0 Å². The summed E-state index contributed by atoms with van der Waals surface area (Å²) in [5.41, 5.74) is 1.22. The summed E-state index contributed by atoms with van der Waals surface area (Å²) in [6.07, 6.45) is 1.49. The number of aromatic nitrogens is 3. The topological polar surface area (TPSA) is 54.8 Å². The molecule has 10 heteroatoms. The molecule has 5 nitrogen and oxygen atoms in total. The molecule has 2 aromatic carbocycles. The third-order valence-electron chi connectivity index (χ3n) is 3.29. The molecule has 0 aliphatic heterocycles. The second kappa shape index (κ2) is 7.94. The maximum Gasteiger partial charge on any atom is 0.248 e. The molecule has 0 amide bonds. The number of benzene rings is 2. The smallest absolute Gasteiger partial charge is 0.248 e. The molecule has 0 spiro atoms. The first-order valence-electron chi connectivity index (χ1n) is 7.27. The summed E-state index contributed by atoms with van der Waals surface area (Å²) >= 11 is 16.9. The molecule has 3 rings (SSSR count). The standard InChI is InChI=1S/C16H11Cl2F2N5S/c17-12-5-10(19)2-1-9(12)7-25-8-21-15(24-25)23-16(26)22-11-3-4-14(20)13(18)6-11/h1-6,8H,7H2,(H2,22,23,24,26). The average Bonchev–Trinajstić information content (AvgIpc) is 3.00. The Balaban J connectivity index is 1.62. The van der Waals surface area contributed by atoms with Gasteiger partial charge in [0.15, 0.2) is 5.11 Å². The molecule has 0 unspecified atom stereocenters. The van der Waals surface area contributed by atoms with E-state index in [1.165, 1.54) is 41.3 Å². The first-order valence-corrected chi connectivity index (χ1v) is 8.43. The van der Waals surface area contributed by atoms with Crippen LogP contribution in [0, 0.1) is 11.6 Å². The minimum absolute atomic E-state index is 0.0172. The van der Waals surface area contributed by atoms with E-state index in [-0.39, 0.29) is 16.1 Å². The molecule has 3 aromatic rings. The number of rotatable bonds is 4. The fourth-order valence-electron chi connectivity index (χ4n) is 2.09. The highest BCUT2D eigenvalue weighted by molar-refractivity contribution is 7.80. The number of nitrogens with one attached hydrogen (secondary N) is 2. The number of nitrogens with zero attached hydrogens (tertiary/aromatic N) is 3. The predicted molar refractivity (Wildman–Crippen MR) is 102 cm³/mol. The van der Waals surface area contributed by atoms with Gasteiger partial charge in [-0.3, -0.25) is 5.32 Å². The van der Waals surface area contributed by atoms with Crippen LogP contribution in [0.3, 0.4) is 0 Å². The second-order valence-electron chi connectivity index (χ2n) is 5.21. The lowest BCUT2D eigenvalue weighted by Gasteiger charge is -2.08. The van der Waals surface area contributed by atoms with Gasteiger partial charge in [-0.2, -0.15) is 0 Å². The van der Waals surface area contributed by atoms with Crippen LogP contribution < -0.4 is 10.6 Å². The second-order valence-corrected chi connectivity index (χ2v) is 6.43. The van der Waals surface area contributed by atoms with Crippen LogP contribution in [0.5, 0.6) is 0 Å². The van der Waals surface area contributed by atoms with Gasteiger partial charge in [0.25, 0.3) is 0 Å². The number of anilines is 2. The summed E-state index contributed by atoms with van der Waals surface area (Å²) in [6, 6.07) is 8.28. The highest BCUT2D eigenvalue weighted by Gasteiger charge is 2.08. The SMILES string of the molecule is Fc1ccc(Cn2cnc(NC(=S)Nc3ccc(F)c(Cl)c3)n2)c(Cl)c1. The lowest BCUT2D eigenvalue weighted by Crippen LogP contribution is -2.20. The molecular weight excluding hydrogens is 403 g/mol. The summed E-state index contributed by atoms with van der Waals surface area (Å²) in [6.45, 7) is 0.321. The van der Waals surface area contributed by atoms with Gasteiger partial charge in [-0.1, -0.05) is 29.3 Å². The van der Waals surface area contributed by atoms with Crippen molar-refractivity contribution in [3.05, 3.63) is 70.0 Å². The van der Waals surface area contributed by atoms with Gasteiger partial charge in [-0.05, 0) is 48.1 Å². The lowest BCUT2D eigenvalue weighted by molar-refractivity contribution is 0.624. The molecular formula is C16H11Cl2F2N5S. The van der Waals surface area contributed by atoms with Gasteiger partial charge in [0.05, 0.1) is 11.6 Å². The summed E-state index contributed by atoms with van der Waals surface area (Å²) in [5, 5.41) is 10.4. The fourth-order valence-corrected chi connectivity index (χ4v) is 2.71. The number of hydrogen-bond acceptors (Lipinski definition) is 3. The zero-order valence-electron chi connectivity index (χ0n) is 13.0. The Morgan fingerprint density at radius 3 is 2.62 bits per heavy atom. The van der Waals surface area contributed by atoms with Crippen LogP contribution in [0.15, 0.2) is 42.7 Å². The Labute approximate surface area is 162 Å². The van der Waals surface area contributed by atoms with E-state index in [0.717, 1.165) is 0 Å². The lowest BCUT2D eigenvalue weighted by atomic mass is 10.2. The van der Waals surface area contributed by atoms with Gasteiger partial charge in [0.1, 0.15) is 18.0 Å². The van der Waals surface area contributed by atoms with Gasteiger partial charge >= 0.3 is 0 Å². The maximum atomic E-state index is 13.2. The van der Waals surface area contributed by atoms with Crippen molar-refractivity contribution in [1.82, 2.24) is 14.8 Å². The molecule has 0 radical (unpaired) electrons. The van der Waals surface area contributed by atoms with E-state index in [1.807, 2.05) is 0 Å². The van der Waals surface area contributed by atoms with E-state index in [2.05, 4.69) is 20.7 Å². The van der Waals surface area contributed by atoms with Crippen molar-refractivity contribution in [3.8, 4) is 0 Å². The van der Waals surface area contributed by atoms with Crippen LogP contribution in [0.2, 0.25) is 10.0 Å². The summed E-state index contributed by atoms with van der Waals surface area (Å²) in [7, 11) is 0. The van der Waals surface area contributed by atoms with E-state index in [4.69, 9.17) is 35.4 Å².